The molecule has 0 fully saturated rings. The topological polar surface area (TPSA) is 111 Å². The van der Waals surface area contributed by atoms with Gasteiger partial charge >= 0.3 is 0 Å². The lowest BCUT2D eigenvalue weighted by Gasteiger charge is -2.18. The van der Waals surface area contributed by atoms with E-state index in [0.717, 1.165) is 6.20 Å². The van der Waals surface area contributed by atoms with Crippen LogP contribution < -0.4 is 11.1 Å². The van der Waals surface area contributed by atoms with Crippen molar-refractivity contribution in [3.05, 3.63) is 39.0 Å². The number of hydrogen-bond acceptors (Lipinski definition) is 5. The zero-order valence-electron chi connectivity index (χ0n) is 10.4. The van der Waals surface area contributed by atoms with Crippen molar-refractivity contribution >= 4 is 21.3 Å². The molecule has 0 saturated heterocycles. The Balaban J connectivity index is 2.36. The smallest absolute Gasteiger partial charge is 0.270 e. The van der Waals surface area contributed by atoms with Crippen molar-refractivity contribution in [3.63, 3.8) is 0 Å². The molecule has 0 aromatic carbocycles. The second-order valence-corrected chi connectivity index (χ2v) is 6.52. The monoisotopic (exact) mass is 297 g/mol. The molecule has 0 aliphatic carbocycles. The van der Waals surface area contributed by atoms with E-state index in [0.29, 0.717) is 5.52 Å². The summed E-state index contributed by atoms with van der Waals surface area (Å²) in [6.45, 7) is 1.31. The highest BCUT2D eigenvalue weighted by atomic mass is 32.2. The third kappa shape index (κ3) is 1.70. The van der Waals surface area contributed by atoms with Crippen LogP contribution in [-0.4, -0.2) is 32.3 Å². The molecule has 1 aliphatic heterocycles. The molecule has 20 heavy (non-hydrogen) atoms. The molecule has 0 bridgehead atoms. The van der Waals surface area contributed by atoms with Crippen molar-refractivity contribution in [2.75, 3.05) is 0 Å². The van der Waals surface area contributed by atoms with E-state index in [9.17, 15) is 22.6 Å². The Morgan fingerprint density at radius 1 is 1.35 bits per heavy atom. The molecule has 2 atom stereocenters. The quantitative estimate of drug-likeness (QED) is 0.740. The molecule has 2 aromatic rings. The summed E-state index contributed by atoms with van der Waals surface area (Å²) in [5, 5.41) is -1.20. The number of nitrogens with zero attached hydrogens (tertiary/aromatic N) is 3. The molecule has 3 heterocycles. The SMILES string of the molecule is CC([C@@H]1Cn2c(=O)cnc3ccc(=O)n1c32)S(=O)(=O)O. The molecule has 106 valence electrons. The molecule has 1 unspecified atom stereocenters. The Bertz CT molecular complexity index is 922. The molecule has 8 nitrogen and oxygen atoms in total. The normalized spacial score (nSPS) is 19.4. The van der Waals surface area contributed by atoms with Crippen LogP contribution in [0, 0.1) is 0 Å². The first kappa shape index (κ1) is 13.0. The first-order chi connectivity index (χ1) is 9.30. The van der Waals surface area contributed by atoms with E-state index in [4.69, 9.17) is 0 Å². The Hall–Kier alpha value is -2.00. The van der Waals surface area contributed by atoms with Gasteiger partial charge in [-0.25, -0.2) is 4.98 Å². The summed E-state index contributed by atoms with van der Waals surface area (Å²) in [7, 11) is -4.33. The van der Waals surface area contributed by atoms with Crippen LogP contribution >= 0.6 is 0 Å². The van der Waals surface area contributed by atoms with E-state index in [1.54, 1.807) is 0 Å². The molecule has 0 spiro atoms. The van der Waals surface area contributed by atoms with E-state index in [-0.39, 0.29) is 12.2 Å². The van der Waals surface area contributed by atoms with Crippen LogP contribution in [-0.2, 0) is 16.7 Å². The first-order valence-corrected chi connectivity index (χ1v) is 7.38. The molecule has 1 aliphatic rings. The molecule has 0 saturated carbocycles. The second kappa shape index (κ2) is 4.00. The molecule has 3 rings (SSSR count). The van der Waals surface area contributed by atoms with Gasteiger partial charge in [0.25, 0.3) is 21.2 Å². The molecular weight excluding hydrogens is 286 g/mol. The van der Waals surface area contributed by atoms with Crippen LogP contribution in [0.1, 0.15) is 13.0 Å². The van der Waals surface area contributed by atoms with Crippen molar-refractivity contribution in [1.29, 1.82) is 0 Å². The van der Waals surface area contributed by atoms with Crippen LogP contribution in [0.2, 0.25) is 0 Å². The van der Waals surface area contributed by atoms with Gasteiger partial charge in [0.2, 0.25) is 0 Å². The van der Waals surface area contributed by atoms with Gasteiger partial charge in [-0.05, 0) is 13.0 Å². The van der Waals surface area contributed by atoms with Gasteiger partial charge in [0.05, 0.1) is 18.8 Å². The zero-order valence-corrected chi connectivity index (χ0v) is 11.2. The minimum Gasteiger partial charge on any atom is -0.289 e. The summed E-state index contributed by atoms with van der Waals surface area (Å²) in [5.41, 5.74) is -0.140. The summed E-state index contributed by atoms with van der Waals surface area (Å²) in [4.78, 5) is 27.7. The van der Waals surface area contributed by atoms with E-state index >= 15 is 0 Å². The molecule has 9 heteroatoms. The van der Waals surface area contributed by atoms with Crippen LogP contribution in [0.25, 0.3) is 11.2 Å². The highest BCUT2D eigenvalue weighted by molar-refractivity contribution is 7.86. The molecule has 1 N–H and O–H groups in total. The fourth-order valence-electron chi connectivity index (χ4n) is 2.52. The van der Waals surface area contributed by atoms with Gasteiger partial charge in [0, 0.05) is 6.07 Å². The number of rotatable bonds is 2. The molecule has 2 aromatic heterocycles. The summed E-state index contributed by atoms with van der Waals surface area (Å²) < 4.78 is 34.4. The Morgan fingerprint density at radius 2 is 2.05 bits per heavy atom. The highest BCUT2D eigenvalue weighted by Crippen LogP contribution is 2.27. The maximum Gasteiger partial charge on any atom is 0.270 e. The predicted octanol–water partition coefficient (Wildman–Crippen LogP) is -0.611. The van der Waals surface area contributed by atoms with Gasteiger partial charge in [0.1, 0.15) is 16.4 Å². The average molecular weight is 297 g/mol. The Labute approximate surface area is 113 Å². The zero-order chi connectivity index (χ0) is 14.7. The summed E-state index contributed by atoms with van der Waals surface area (Å²) in [5.74, 6) is 0. The molecule has 0 radical (unpaired) electrons. The van der Waals surface area contributed by atoms with Gasteiger partial charge in [0.15, 0.2) is 0 Å². The lowest BCUT2D eigenvalue weighted by molar-refractivity contribution is 0.414. The van der Waals surface area contributed by atoms with Gasteiger partial charge < -0.3 is 0 Å². The third-order valence-corrected chi connectivity index (χ3v) is 4.88. The minimum atomic E-state index is -4.33. The van der Waals surface area contributed by atoms with Gasteiger partial charge in [-0.1, -0.05) is 0 Å². The van der Waals surface area contributed by atoms with E-state index in [1.165, 1.54) is 28.2 Å². The fraction of sp³-hybridized carbons (Fsp3) is 0.364. The average Bonchev–Trinajstić information content (AvgIpc) is 2.77. The maximum absolute atomic E-state index is 12.0. The van der Waals surface area contributed by atoms with Crippen molar-refractivity contribution in [1.82, 2.24) is 14.1 Å². The molecular formula is C11H11N3O5S. The summed E-state index contributed by atoms with van der Waals surface area (Å²) in [6.07, 6.45) is 1.12. The maximum atomic E-state index is 12.0. The standard InChI is InChI=1S/C11H11N3O5S/c1-6(20(17,18)19)8-5-13-10(16)4-12-7-2-3-9(15)14(8)11(7)13/h2-4,6,8H,5H2,1H3,(H,17,18,19)/t6?,8-/m0/s1. The Kier molecular flexibility index (Phi) is 2.60. The Morgan fingerprint density at radius 3 is 2.70 bits per heavy atom. The number of hydrogen-bond donors (Lipinski definition) is 1. The summed E-state index contributed by atoms with van der Waals surface area (Å²) >= 11 is 0. The van der Waals surface area contributed by atoms with Crippen LogP contribution in [0.5, 0.6) is 0 Å². The van der Waals surface area contributed by atoms with Gasteiger partial charge in [-0.15, -0.1) is 0 Å². The van der Waals surface area contributed by atoms with E-state index in [1.807, 2.05) is 0 Å². The van der Waals surface area contributed by atoms with E-state index in [2.05, 4.69) is 4.98 Å². The lowest BCUT2D eigenvalue weighted by Crippen LogP contribution is -2.33. The lowest BCUT2D eigenvalue weighted by atomic mass is 10.2. The number of pyridine rings is 1. The van der Waals surface area contributed by atoms with Gasteiger partial charge in [-0.2, -0.15) is 8.42 Å². The molecule has 0 amide bonds. The second-order valence-electron chi connectivity index (χ2n) is 4.74. The fourth-order valence-corrected chi connectivity index (χ4v) is 3.13. The van der Waals surface area contributed by atoms with Crippen LogP contribution in [0.4, 0.5) is 0 Å². The van der Waals surface area contributed by atoms with Crippen molar-refractivity contribution in [2.24, 2.45) is 0 Å². The van der Waals surface area contributed by atoms with Crippen molar-refractivity contribution < 1.29 is 13.0 Å². The highest BCUT2D eigenvalue weighted by Gasteiger charge is 2.36. The van der Waals surface area contributed by atoms with Crippen LogP contribution in [0.15, 0.2) is 27.9 Å². The largest absolute Gasteiger partial charge is 0.289 e. The predicted molar refractivity (Wildman–Crippen MR) is 70.3 cm³/mol. The van der Waals surface area contributed by atoms with E-state index < -0.39 is 32.5 Å². The van der Waals surface area contributed by atoms with Gasteiger partial charge in [-0.3, -0.25) is 23.3 Å². The number of aromatic nitrogens is 3. The summed E-state index contributed by atoms with van der Waals surface area (Å²) in [6, 6.07) is 1.90. The van der Waals surface area contributed by atoms with Crippen molar-refractivity contribution in [2.45, 2.75) is 24.8 Å². The third-order valence-electron chi connectivity index (χ3n) is 3.63. The van der Waals surface area contributed by atoms with Crippen molar-refractivity contribution in [3.8, 4) is 0 Å². The first-order valence-electron chi connectivity index (χ1n) is 5.88. The minimum absolute atomic E-state index is 0.0120. The van der Waals surface area contributed by atoms with Crippen LogP contribution in [0.3, 0.4) is 0 Å².